The van der Waals surface area contributed by atoms with Gasteiger partial charge in [-0.05, 0) is 42.9 Å². The molecular formula is C16H24BrNO. The second kappa shape index (κ2) is 6.76. The predicted molar refractivity (Wildman–Crippen MR) is 83.6 cm³/mol. The van der Waals surface area contributed by atoms with Crippen molar-refractivity contribution in [2.75, 3.05) is 13.2 Å². The van der Waals surface area contributed by atoms with Crippen LogP contribution in [-0.2, 0) is 6.54 Å². The third kappa shape index (κ3) is 4.22. The fourth-order valence-corrected chi connectivity index (χ4v) is 2.90. The van der Waals surface area contributed by atoms with Crippen LogP contribution < -0.4 is 10.1 Å². The van der Waals surface area contributed by atoms with Gasteiger partial charge in [-0.2, -0.15) is 0 Å². The quantitative estimate of drug-likeness (QED) is 0.795. The smallest absolute Gasteiger partial charge is 0.123 e. The summed E-state index contributed by atoms with van der Waals surface area (Å²) >= 11 is 3.54. The van der Waals surface area contributed by atoms with Crippen LogP contribution in [0.3, 0.4) is 0 Å². The predicted octanol–water partition coefficient (Wildman–Crippen LogP) is 4.52. The second-order valence-electron chi connectivity index (χ2n) is 5.87. The van der Waals surface area contributed by atoms with E-state index in [2.05, 4.69) is 47.2 Å². The Labute approximate surface area is 125 Å². The molecule has 106 valence electrons. The SMILES string of the molecule is CCCOc1ccc(Br)cc1CNCC1(C)CCC1. The van der Waals surface area contributed by atoms with Crippen molar-refractivity contribution in [1.82, 2.24) is 5.32 Å². The zero-order chi connectivity index (χ0) is 13.7. The van der Waals surface area contributed by atoms with Crippen molar-refractivity contribution in [3.05, 3.63) is 28.2 Å². The van der Waals surface area contributed by atoms with E-state index in [1.165, 1.54) is 24.8 Å². The van der Waals surface area contributed by atoms with E-state index >= 15 is 0 Å². The molecule has 1 fully saturated rings. The highest BCUT2D eigenvalue weighted by molar-refractivity contribution is 9.10. The van der Waals surface area contributed by atoms with Gasteiger partial charge in [-0.25, -0.2) is 0 Å². The highest BCUT2D eigenvalue weighted by Crippen LogP contribution is 2.39. The van der Waals surface area contributed by atoms with Crippen LogP contribution in [0.2, 0.25) is 0 Å². The molecule has 1 N–H and O–H groups in total. The molecule has 0 radical (unpaired) electrons. The van der Waals surface area contributed by atoms with Crippen LogP contribution in [0.1, 0.15) is 45.1 Å². The summed E-state index contributed by atoms with van der Waals surface area (Å²) in [4.78, 5) is 0. The maximum atomic E-state index is 5.80. The molecule has 2 nitrogen and oxygen atoms in total. The Kier molecular flexibility index (Phi) is 5.28. The molecule has 0 saturated heterocycles. The summed E-state index contributed by atoms with van der Waals surface area (Å²) in [5, 5.41) is 3.59. The minimum Gasteiger partial charge on any atom is -0.493 e. The van der Waals surface area contributed by atoms with Gasteiger partial charge in [-0.1, -0.05) is 36.2 Å². The summed E-state index contributed by atoms with van der Waals surface area (Å²) < 4.78 is 6.92. The maximum absolute atomic E-state index is 5.80. The molecule has 0 aromatic heterocycles. The first-order valence-corrected chi connectivity index (χ1v) is 8.04. The van der Waals surface area contributed by atoms with Crippen LogP contribution >= 0.6 is 15.9 Å². The largest absolute Gasteiger partial charge is 0.493 e. The minimum atomic E-state index is 0.524. The van der Waals surface area contributed by atoms with E-state index in [4.69, 9.17) is 4.74 Å². The van der Waals surface area contributed by atoms with Crippen LogP contribution in [0.15, 0.2) is 22.7 Å². The van der Waals surface area contributed by atoms with Gasteiger partial charge in [0.1, 0.15) is 5.75 Å². The van der Waals surface area contributed by atoms with Gasteiger partial charge < -0.3 is 10.1 Å². The molecule has 1 aromatic carbocycles. The number of rotatable bonds is 7. The van der Waals surface area contributed by atoms with Gasteiger partial charge in [0.2, 0.25) is 0 Å². The lowest BCUT2D eigenvalue weighted by molar-refractivity contribution is 0.156. The van der Waals surface area contributed by atoms with Crippen molar-refractivity contribution in [3.63, 3.8) is 0 Å². The van der Waals surface area contributed by atoms with Crippen LogP contribution in [0.4, 0.5) is 0 Å². The molecule has 1 aliphatic carbocycles. The Bertz CT molecular complexity index is 415. The fourth-order valence-electron chi connectivity index (χ4n) is 2.50. The Morgan fingerprint density at radius 1 is 1.37 bits per heavy atom. The Balaban J connectivity index is 1.91. The normalized spacial score (nSPS) is 17.0. The molecule has 2 rings (SSSR count). The average molecular weight is 326 g/mol. The van der Waals surface area contributed by atoms with E-state index in [0.29, 0.717) is 5.41 Å². The van der Waals surface area contributed by atoms with Crippen molar-refractivity contribution < 1.29 is 4.74 Å². The number of benzene rings is 1. The Hall–Kier alpha value is -0.540. The molecule has 1 aromatic rings. The van der Waals surface area contributed by atoms with Gasteiger partial charge in [0.15, 0.2) is 0 Å². The fraction of sp³-hybridized carbons (Fsp3) is 0.625. The Morgan fingerprint density at radius 3 is 2.79 bits per heavy atom. The maximum Gasteiger partial charge on any atom is 0.123 e. The molecule has 3 heteroatoms. The van der Waals surface area contributed by atoms with E-state index < -0.39 is 0 Å². The van der Waals surface area contributed by atoms with Crippen LogP contribution in [0.25, 0.3) is 0 Å². The molecule has 1 aliphatic rings. The molecular weight excluding hydrogens is 302 g/mol. The third-order valence-electron chi connectivity index (χ3n) is 3.91. The van der Waals surface area contributed by atoms with Crippen molar-refractivity contribution in [2.45, 2.75) is 46.1 Å². The minimum absolute atomic E-state index is 0.524. The van der Waals surface area contributed by atoms with Crippen molar-refractivity contribution >= 4 is 15.9 Å². The van der Waals surface area contributed by atoms with Crippen LogP contribution in [0.5, 0.6) is 5.75 Å². The first-order chi connectivity index (χ1) is 9.13. The van der Waals surface area contributed by atoms with Crippen LogP contribution in [0, 0.1) is 5.41 Å². The summed E-state index contributed by atoms with van der Waals surface area (Å²) in [6, 6.07) is 6.25. The van der Waals surface area contributed by atoms with Gasteiger partial charge >= 0.3 is 0 Å². The molecule has 0 unspecified atom stereocenters. The molecule has 19 heavy (non-hydrogen) atoms. The Morgan fingerprint density at radius 2 is 2.16 bits per heavy atom. The monoisotopic (exact) mass is 325 g/mol. The summed E-state index contributed by atoms with van der Waals surface area (Å²) in [5.74, 6) is 1.01. The standard InChI is InChI=1S/C16H24BrNO/c1-3-9-19-15-6-5-14(17)10-13(15)11-18-12-16(2)7-4-8-16/h5-6,10,18H,3-4,7-9,11-12H2,1-2H3. The van der Waals surface area contributed by atoms with E-state index in [-0.39, 0.29) is 0 Å². The van der Waals surface area contributed by atoms with Gasteiger partial charge in [0.25, 0.3) is 0 Å². The van der Waals surface area contributed by atoms with Gasteiger partial charge in [-0.3, -0.25) is 0 Å². The number of ether oxygens (including phenoxy) is 1. The topological polar surface area (TPSA) is 21.3 Å². The average Bonchev–Trinajstić information content (AvgIpc) is 2.36. The number of hydrogen-bond acceptors (Lipinski definition) is 2. The van der Waals surface area contributed by atoms with Crippen LogP contribution in [-0.4, -0.2) is 13.2 Å². The lowest BCUT2D eigenvalue weighted by atomic mass is 9.70. The first-order valence-electron chi connectivity index (χ1n) is 7.25. The molecule has 0 heterocycles. The molecule has 0 atom stereocenters. The highest BCUT2D eigenvalue weighted by atomic mass is 79.9. The number of hydrogen-bond donors (Lipinski definition) is 1. The van der Waals surface area contributed by atoms with Crippen molar-refractivity contribution in [3.8, 4) is 5.75 Å². The molecule has 0 bridgehead atoms. The summed E-state index contributed by atoms with van der Waals surface area (Å²) in [5.41, 5.74) is 1.77. The van der Waals surface area contributed by atoms with E-state index in [1.54, 1.807) is 0 Å². The van der Waals surface area contributed by atoms with E-state index in [0.717, 1.165) is 36.3 Å². The van der Waals surface area contributed by atoms with Gasteiger partial charge in [-0.15, -0.1) is 0 Å². The van der Waals surface area contributed by atoms with E-state index in [9.17, 15) is 0 Å². The lowest BCUT2D eigenvalue weighted by Gasteiger charge is -2.38. The lowest BCUT2D eigenvalue weighted by Crippen LogP contribution is -2.37. The van der Waals surface area contributed by atoms with Crippen molar-refractivity contribution in [2.24, 2.45) is 5.41 Å². The molecule has 0 aliphatic heterocycles. The zero-order valence-corrected chi connectivity index (χ0v) is 13.6. The molecule has 0 spiro atoms. The third-order valence-corrected chi connectivity index (χ3v) is 4.41. The summed E-state index contributed by atoms with van der Waals surface area (Å²) in [6.45, 7) is 7.28. The number of nitrogens with one attached hydrogen (secondary N) is 1. The molecule has 0 amide bonds. The molecule has 1 saturated carbocycles. The van der Waals surface area contributed by atoms with Gasteiger partial charge in [0, 0.05) is 23.1 Å². The zero-order valence-electron chi connectivity index (χ0n) is 12.0. The number of halogens is 1. The highest BCUT2D eigenvalue weighted by Gasteiger charge is 2.30. The second-order valence-corrected chi connectivity index (χ2v) is 6.78. The summed E-state index contributed by atoms with van der Waals surface area (Å²) in [6.07, 6.45) is 5.15. The summed E-state index contributed by atoms with van der Waals surface area (Å²) in [7, 11) is 0. The van der Waals surface area contributed by atoms with E-state index in [1.807, 2.05) is 6.07 Å². The first kappa shape index (κ1) is 14.9. The van der Waals surface area contributed by atoms with Gasteiger partial charge in [0.05, 0.1) is 6.61 Å². The van der Waals surface area contributed by atoms with Crippen molar-refractivity contribution in [1.29, 1.82) is 0 Å².